The Morgan fingerprint density at radius 1 is 1.03 bits per heavy atom. The molecule has 0 saturated heterocycles. The molecule has 0 aliphatic rings. The molecule has 0 aliphatic carbocycles. The lowest BCUT2D eigenvalue weighted by molar-refractivity contribution is -0.136. The first-order chi connectivity index (χ1) is 17.3. The summed E-state index contributed by atoms with van der Waals surface area (Å²) in [5.41, 5.74) is 2.25. The molecule has 2 N–H and O–H groups in total. The van der Waals surface area contributed by atoms with Crippen LogP contribution in [-0.4, -0.2) is 25.4 Å². The molecule has 0 fully saturated rings. The van der Waals surface area contributed by atoms with Crippen molar-refractivity contribution in [2.75, 3.05) is 0 Å². The number of aryl methyl sites for hydroxylation is 1. The fourth-order valence-electron chi connectivity index (χ4n) is 3.96. The highest BCUT2D eigenvalue weighted by Crippen LogP contribution is 2.23. The number of H-pyrrole nitrogens is 1. The number of para-hydroxylation sites is 1. The van der Waals surface area contributed by atoms with E-state index in [0.717, 1.165) is 22.0 Å². The molecule has 5 aromatic rings. The predicted octanol–water partition coefficient (Wildman–Crippen LogP) is 4.08. The Kier molecular flexibility index (Phi) is 6.17. The molecule has 5 rings (SSSR count). The monoisotopic (exact) mass is 502 g/mol. The van der Waals surface area contributed by atoms with Gasteiger partial charge in [-0.15, -0.1) is 0 Å². The number of nitrogens with one attached hydrogen (secondary N) is 2. The van der Waals surface area contributed by atoms with Gasteiger partial charge in [0.05, 0.1) is 4.90 Å². The number of fused-ring (bicyclic) bond motifs is 2. The van der Waals surface area contributed by atoms with E-state index in [2.05, 4.69) is 9.71 Å². The molecule has 182 valence electrons. The highest BCUT2D eigenvalue weighted by molar-refractivity contribution is 7.89. The Balaban J connectivity index is 1.47. The summed E-state index contributed by atoms with van der Waals surface area (Å²) in [5.74, 6) is -0.672. The number of hydrogen-bond donors (Lipinski definition) is 2. The van der Waals surface area contributed by atoms with Crippen LogP contribution in [0.4, 0.5) is 0 Å². The second kappa shape index (κ2) is 9.44. The molecule has 0 amide bonds. The molecule has 0 unspecified atom stereocenters. The molecule has 0 radical (unpaired) electrons. The first-order valence-electron chi connectivity index (χ1n) is 11.2. The van der Waals surface area contributed by atoms with E-state index in [1.54, 1.807) is 36.5 Å². The van der Waals surface area contributed by atoms with Crippen LogP contribution in [0.5, 0.6) is 5.75 Å². The zero-order valence-corrected chi connectivity index (χ0v) is 20.0. The third kappa shape index (κ3) is 4.93. The van der Waals surface area contributed by atoms with Gasteiger partial charge in [0.2, 0.25) is 10.0 Å². The molecule has 36 heavy (non-hydrogen) atoms. The van der Waals surface area contributed by atoms with Crippen molar-refractivity contribution in [3.63, 3.8) is 0 Å². The SMILES string of the molecule is Cc1ccc(S(=O)(=O)N[C@@H](Cc2c[nH]c3ccccc23)C(=O)Oc2ccc3ccc(=O)oc3c2)cc1. The average molecular weight is 503 g/mol. The number of benzene rings is 3. The number of sulfonamides is 1. The van der Waals surface area contributed by atoms with Gasteiger partial charge in [0.15, 0.2) is 0 Å². The van der Waals surface area contributed by atoms with Gasteiger partial charge in [-0.05, 0) is 48.9 Å². The number of aromatic nitrogens is 1. The summed E-state index contributed by atoms with van der Waals surface area (Å²) >= 11 is 0. The van der Waals surface area contributed by atoms with Crippen molar-refractivity contribution in [1.82, 2.24) is 9.71 Å². The van der Waals surface area contributed by atoms with Gasteiger partial charge in [-0.25, -0.2) is 18.0 Å². The van der Waals surface area contributed by atoms with E-state index < -0.39 is 27.7 Å². The number of carbonyl (C=O) groups is 1. The fraction of sp³-hybridized carbons (Fsp3) is 0.111. The first kappa shape index (κ1) is 23.5. The van der Waals surface area contributed by atoms with Gasteiger partial charge in [-0.3, -0.25) is 0 Å². The summed E-state index contributed by atoms with van der Waals surface area (Å²) < 4.78 is 39.5. The van der Waals surface area contributed by atoms with Crippen molar-refractivity contribution in [1.29, 1.82) is 0 Å². The Morgan fingerprint density at radius 3 is 2.58 bits per heavy atom. The van der Waals surface area contributed by atoms with E-state index in [1.165, 1.54) is 24.3 Å². The number of esters is 1. The van der Waals surface area contributed by atoms with Crippen LogP contribution in [0.3, 0.4) is 0 Å². The van der Waals surface area contributed by atoms with E-state index in [4.69, 9.17) is 9.15 Å². The van der Waals surface area contributed by atoms with Gasteiger partial charge in [-0.1, -0.05) is 35.9 Å². The van der Waals surface area contributed by atoms with Gasteiger partial charge in [0.1, 0.15) is 17.4 Å². The van der Waals surface area contributed by atoms with Crippen LogP contribution < -0.4 is 15.1 Å². The number of hydrogen-bond acceptors (Lipinski definition) is 6. The molecule has 0 aliphatic heterocycles. The predicted molar refractivity (Wildman–Crippen MR) is 135 cm³/mol. The van der Waals surface area contributed by atoms with E-state index in [-0.39, 0.29) is 22.6 Å². The topological polar surface area (TPSA) is 118 Å². The standard InChI is InChI=1S/C27H22N2O6S/c1-17-6-11-21(12-7-17)36(32,33)29-24(14-19-16-28-23-5-3-2-4-22(19)23)27(31)34-20-10-8-18-9-13-26(30)35-25(18)15-20/h2-13,15-16,24,28-29H,14H2,1H3/t24-/m0/s1. The van der Waals surface area contributed by atoms with Crippen molar-refractivity contribution in [3.05, 3.63) is 107 Å². The maximum Gasteiger partial charge on any atom is 0.336 e. The van der Waals surface area contributed by atoms with Crippen molar-refractivity contribution in [2.45, 2.75) is 24.3 Å². The minimum Gasteiger partial charge on any atom is -0.425 e. The summed E-state index contributed by atoms with van der Waals surface area (Å²) in [6, 6.07) is 20.2. The maximum absolute atomic E-state index is 13.3. The Bertz CT molecular complexity index is 1740. The molecule has 0 spiro atoms. The third-order valence-electron chi connectivity index (χ3n) is 5.83. The normalized spacial score (nSPS) is 12.6. The van der Waals surface area contributed by atoms with E-state index in [1.807, 2.05) is 31.2 Å². The van der Waals surface area contributed by atoms with Crippen LogP contribution in [0, 0.1) is 6.92 Å². The van der Waals surface area contributed by atoms with E-state index in [9.17, 15) is 18.0 Å². The smallest absolute Gasteiger partial charge is 0.336 e. The second-order valence-electron chi connectivity index (χ2n) is 8.43. The maximum atomic E-state index is 13.3. The quantitative estimate of drug-likeness (QED) is 0.197. The highest BCUT2D eigenvalue weighted by atomic mass is 32.2. The van der Waals surface area contributed by atoms with E-state index in [0.29, 0.717) is 5.39 Å². The Hall–Kier alpha value is -4.21. The zero-order chi connectivity index (χ0) is 25.3. The van der Waals surface area contributed by atoms with Crippen molar-refractivity contribution < 1.29 is 22.4 Å². The minimum atomic E-state index is -4.03. The van der Waals surface area contributed by atoms with Crippen molar-refractivity contribution >= 4 is 37.9 Å². The molecule has 8 nitrogen and oxygen atoms in total. The minimum absolute atomic E-state index is 0.0392. The second-order valence-corrected chi connectivity index (χ2v) is 10.1. The largest absolute Gasteiger partial charge is 0.425 e. The zero-order valence-electron chi connectivity index (χ0n) is 19.2. The summed E-state index contributed by atoms with van der Waals surface area (Å²) in [6.07, 6.45) is 1.80. The summed E-state index contributed by atoms with van der Waals surface area (Å²) in [7, 11) is -4.03. The lowest BCUT2D eigenvalue weighted by Gasteiger charge is -2.18. The van der Waals surface area contributed by atoms with Crippen LogP contribution in [0.2, 0.25) is 0 Å². The van der Waals surface area contributed by atoms with Gasteiger partial charge in [0, 0.05) is 41.0 Å². The van der Waals surface area contributed by atoms with Crippen LogP contribution in [0.25, 0.3) is 21.9 Å². The summed E-state index contributed by atoms with van der Waals surface area (Å²) in [4.78, 5) is 28.0. The van der Waals surface area contributed by atoms with Gasteiger partial charge in [-0.2, -0.15) is 4.72 Å². The third-order valence-corrected chi connectivity index (χ3v) is 7.31. The summed E-state index contributed by atoms with van der Waals surface area (Å²) in [6.45, 7) is 1.85. The molecule has 0 bridgehead atoms. The lowest BCUT2D eigenvalue weighted by Crippen LogP contribution is -2.44. The molecule has 3 aromatic carbocycles. The Labute approximate surface area is 206 Å². The van der Waals surface area contributed by atoms with Crippen LogP contribution >= 0.6 is 0 Å². The molecule has 0 saturated carbocycles. The molecule has 2 heterocycles. The first-order valence-corrected chi connectivity index (χ1v) is 12.7. The molecule has 1 atom stereocenters. The van der Waals surface area contributed by atoms with Gasteiger partial charge >= 0.3 is 11.6 Å². The number of carbonyl (C=O) groups excluding carboxylic acids is 1. The van der Waals surface area contributed by atoms with Crippen LogP contribution in [0.15, 0.2) is 99.2 Å². The van der Waals surface area contributed by atoms with Crippen LogP contribution in [-0.2, 0) is 21.2 Å². The Morgan fingerprint density at radius 2 is 1.78 bits per heavy atom. The van der Waals surface area contributed by atoms with Gasteiger partial charge < -0.3 is 14.1 Å². The van der Waals surface area contributed by atoms with Gasteiger partial charge in [0.25, 0.3) is 0 Å². The molecule has 2 aromatic heterocycles. The number of aromatic amines is 1. The fourth-order valence-corrected chi connectivity index (χ4v) is 5.14. The molecular formula is C27H22N2O6S. The molecule has 9 heteroatoms. The molecular weight excluding hydrogens is 480 g/mol. The number of rotatable bonds is 7. The van der Waals surface area contributed by atoms with Crippen molar-refractivity contribution in [2.24, 2.45) is 0 Å². The average Bonchev–Trinajstić information content (AvgIpc) is 3.26. The lowest BCUT2D eigenvalue weighted by atomic mass is 10.1. The number of ether oxygens (including phenoxy) is 1. The highest BCUT2D eigenvalue weighted by Gasteiger charge is 2.29. The van der Waals surface area contributed by atoms with Crippen LogP contribution in [0.1, 0.15) is 11.1 Å². The van der Waals surface area contributed by atoms with E-state index >= 15 is 0 Å². The van der Waals surface area contributed by atoms with Crippen molar-refractivity contribution in [3.8, 4) is 5.75 Å². The summed E-state index contributed by atoms with van der Waals surface area (Å²) in [5, 5.41) is 1.53.